The second-order valence-corrected chi connectivity index (χ2v) is 17.3. The minimum atomic E-state index is -1.82. The number of fused-ring (bicyclic) bond motifs is 2. The van der Waals surface area contributed by atoms with Crippen LogP contribution in [0.1, 0.15) is 30.0 Å². The van der Waals surface area contributed by atoms with E-state index in [1.54, 1.807) is 0 Å². The Morgan fingerprint density at radius 3 is 2.62 bits per heavy atom. The van der Waals surface area contributed by atoms with Gasteiger partial charge in [0, 0.05) is 6.04 Å². The third kappa shape index (κ3) is 3.49. The molecule has 2 unspecified atom stereocenters. The van der Waals surface area contributed by atoms with Crippen LogP contribution in [0.2, 0.25) is 31.2 Å². The molecule has 0 radical (unpaired) electrons. The summed E-state index contributed by atoms with van der Waals surface area (Å²) in [6, 6.07) is 17.8. The average molecular weight is 383 g/mol. The smallest absolute Gasteiger partial charge is 0.252 e. The van der Waals surface area contributed by atoms with Crippen LogP contribution in [0.25, 0.3) is 0 Å². The average Bonchev–Trinajstić information content (AvgIpc) is 2.73. The van der Waals surface area contributed by atoms with Crippen molar-refractivity contribution in [2.75, 3.05) is 0 Å². The number of aryl methyl sites for hydroxylation is 1. The fourth-order valence-corrected chi connectivity index (χ4v) is 9.03. The second-order valence-electron chi connectivity index (χ2n) is 8.94. The van der Waals surface area contributed by atoms with Gasteiger partial charge >= 0.3 is 0 Å². The molecule has 0 bridgehead atoms. The summed E-state index contributed by atoms with van der Waals surface area (Å²) in [6.45, 7) is 9.42. The maximum atomic E-state index is 6.66. The molecule has 2 aromatic rings. The number of hydrogen-bond donors (Lipinski definition) is 0. The van der Waals surface area contributed by atoms with Gasteiger partial charge in [-0.2, -0.15) is 0 Å². The summed E-state index contributed by atoms with van der Waals surface area (Å²) in [5.41, 5.74) is 4.82. The van der Waals surface area contributed by atoms with Crippen molar-refractivity contribution in [1.82, 2.24) is 0 Å². The van der Waals surface area contributed by atoms with Gasteiger partial charge in [-0.25, -0.2) is 0 Å². The minimum absolute atomic E-state index is 0.675. The first-order valence-electron chi connectivity index (χ1n) is 9.92. The van der Waals surface area contributed by atoms with E-state index in [0.29, 0.717) is 5.54 Å². The Bertz CT molecular complexity index is 818. The number of hydrogen-bond acceptors (Lipinski definition) is 2. The van der Waals surface area contributed by atoms with Crippen molar-refractivity contribution >= 4 is 16.6 Å². The predicted octanol–water partition coefficient (Wildman–Crippen LogP) is 5.90. The highest BCUT2D eigenvalue weighted by molar-refractivity contribution is 6.73. The minimum Gasteiger partial charge on any atom is -0.544 e. The van der Waals surface area contributed by atoms with Crippen molar-refractivity contribution in [3.05, 3.63) is 59.2 Å². The van der Waals surface area contributed by atoms with Gasteiger partial charge in [0.05, 0.1) is 0 Å². The zero-order valence-electron chi connectivity index (χ0n) is 16.5. The zero-order valence-corrected chi connectivity index (χ0v) is 18.5. The summed E-state index contributed by atoms with van der Waals surface area (Å²) in [6.07, 6.45) is 3.54. The van der Waals surface area contributed by atoms with Crippen LogP contribution in [0.3, 0.4) is 0 Å². The molecular formula is C22H30O2Si2. The highest BCUT2D eigenvalue weighted by Gasteiger charge is 2.38. The summed E-state index contributed by atoms with van der Waals surface area (Å²) in [4.78, 5) is 0. The van der Waals surface area contributed by atoms with E-state index >= 15 is 0 Å². The Labute approximate surface area is 159 Å². The largest absolute Gasteiger partial charge is 0.544 e. The van der Waals surface area contributed by atoms with Gasteiger partial charge in [0.1, 0.15) is 11.5 Å². The van der Waals surface area contributed by atoms with Crippen LogP contribution in [-0.2, 0) is 18.9 Å². The van der Waals surface area contributed by atoms with E-state index in [4.69, 9.17) is 8.85 Å². The Kier molecular flexibility index (Phi) is 4.52. The van der Waals surface area contributed by atoms with Crippen LogP contribution >= 0.6 is 0 Å². The van der Waals surface area contributed by atoms with Crippen LogP contribution in [0.15, 0.2) is 42.5 Å². The van der Waals surface area contributed by atoms with E-state index in [2.05, 4.69) is 69.0 Å². The molecule has 26 heavy (non-hydrogen) atoms. The van der Waals surface area contributed by atoms with E-state index in [1.807, 2.05) is 0 Å². The molecule has 2 heterocycles. The third-order valence-electron chi connectivity index (χ3n) is 6.28. The third-order valence-corrected chi connectivity index (χ3v) is 12.9. The summed E-state index contributed by atoms with van der Waals surface area (Å²) < 4.78 is 13.1. The van der Waals surface area contributed by atoms with Crippen molar-refractivity contribution in [2.24, 2.45) is 0 Å². The molecule has 0 saturated heterocycles. The fraction of sp³-hybridized carbons (Fsp3) is 0.455. The molecule has 2 nitrogen and oxygen atoms in total. The fourth-order valence-electron chi connectivity index (χ4n) is 4.27. The lowest BCUT2D eigenvalue weighted by atomic mass is 10.1. The van der Waals surface area contributed by atoms with Gasteiger partial charge in [0.2, 0.25) is 8.32 Å². The summed E-state index contributed by atoms with van der Waals surface area (Å²) in [7, 11) is -3.43. The van der Waals surface area contributed by atoms with Crippen LogP contribution in [0.5, 0.6) is 11.5 Å². The van der Waals surface area contributed by atoms with Crippen LogP contribution in [0.4, 0.5) is 0 Å². The van der Waals surface area contributed by atoms with E-state index in [9.17, 15) is 0 Å². The molecule has 0 amide bonds. The summed E-state index contributed by atoms with van der Waals surface area (Å²) >= 11 is 0. The molecule has 138 valence electrons. The summed E-state index contributed by atoms with van der Waals surface area (Å²) in [5.74, 6) is 2.26. The SMILES string of the molecule is CC1Cc2ccc(C[Si]3(C)CCCc4ccccc4O3)cc2O[Si]1(C)C. The van der Waals surface area contributed by atoms with Gasteiger partial charge in [0.15, 0.2) is 0 Å². The highest BCUT2D eigenvalue weighted by atomic mass is 28.4. The molecule has 0 fully saturated rings. The van der Waals surface area contributed by atoms with Crippen LogP contribution in [0, 0.1) is 0 Å². The number of rotatable bonds is 2. The lowest BCUT2D eigenvalue weighted by Gasteiger charge is -2.37. The maximum Gasteiger partial charge on any atom is 0.252 e. The van der Waals surface area contributed by atoms with Crippen LogP contribution in [-0.4, -0.2) is 16.6 Å². The summed E-state index contributed by atoms with van der Waals surface area (Å²) in [5, 5.41) is 0. The molecule has 2 aliphatic heterocycles. The van der Waals surface area contributed by atoms with E-state index in [1.165, 1.54) is 29.2 Å². The van der Waals surface area contributed by atoms with E-state index < -0.39 is 16.6 Å². The number of para-hydroxylation sites is 1. The Balaban J connectivity index is 1.58. The molecular weight excluding hydrogens is 352 g/mol. The Hall–Kier alpha value is -1.53. The lowest BCUT2D eigenvalue weighted by molar-refractivity contribution is 0.493. The number of benzene rings is 2. The Morgan fingerprint density at radius 1 is 0.962 bits per heavy atom. The van der Waals surface area contributed by atoms with Gasteiger partial charge in [-0.15, -0.1) is 0 Å². The molecule has 4 rings (SSSR count). The Morgan fingerprint density at radius 2 is 1.77 bits per heavy atom. The van der Waals surface area contributed by atoms with Crippen molar-refractivity contribution in [1.29, 1.82) is 0 Å². The molecule has 0 saturated carbocycles. The first-order chi connectivity index (χ1) is 12.3. The van der Waals surface area contributed by atoms with Gasteiger partial charge in [-0.05, 0) is 79.3 Å². The highest BCUT2D eigenvalue weighted by Crippen LogP contribution is 2.39. The molecule has 2 aromatic carbocycles. The van der Waals surface area contributed by atoms with Crippen molar-refractivity contribution < 1.29 is 8.85 Å². The van der Waals surface area contributed by atoms with E-state index in [-0.39, 0.29) is 0 Å². The molecule has 2 aliphatic rings. The van der Waals surface area contributed by atoms with Gasteiger partial charge < -0.3 is 8.85 Å². The van der Waals surface area contributed by atoms with Gasteiger partial charge in [-0.3, -0.25) is 0 Å². The lowest BCUT2D eigenvalue weighted by Crippen LogP contribution is -2.43. The first kappa shape index (κ1) is 17.9. The van der Waals surface area contributed by atoms with Crippen molar-refractivity contribution in [3.8, 4) is 11.5 Å². The maximum absolute atomic E-state index is 6.66. The van der Waals surface area contributed by atoms with Crippen molar-refractivity contribution in [2.45, 2.75) is 63.5 Å². The molecule has 0 N–H and O–H groups in total. The standard InChI is InChI=1S/C22H30O2Si2/c1-17-14-20-12-11-18(15-22(20)23-25(17,2)3)16-26(4)13-7-9-19-8-5-6-10-21(19)24-26/h5-6,8,10-12,15,17H,7,9,13-14,16H2,1-4H3. The molecule has 4 heteroatoms. The van der Waals surface area contributed by atoms with Gasteiger partial charge in [0.25, 0.3) is 8.32 Å². The topological polar surface area (TPSA) is 18.5 Å². The predicted molar refractivity (Wildman–Crippen MR) is 113 cm³/mol. The van der Waals surface area contributed by atoms with Crippen LogP contribution < -0.4 is 8.85 Å². The normalized spacial score (nSPS) is 26.7. The second kappa shape index (κ2) is 6.57. The van der Waals surface area contributed by atoms with Crippen molar-refractivity contribution in [3.63, 3.8) is 0 Å². The van der Waals surface area contributed by atoms with Gasteiger partial charge in [-0.1, -0.05) is 37.3 Å². The van der Waals surface area contributed by atoms with E-state index in [0.717, 1.165) is 30.4 Å². The molecule has 0 aromatic heterocycles. The zero-order chi connectivity index (χ0) is 18.4. The quantitative estimate of drug-likeness (QED) is 0.602. The molecule has 2 atom stereocenters. The monoisotopic (exact) mass is 382 g/mol. The first-order valence-corrected chi connectivity index (χ1v) is 15.7. The molecule has 0 spiro atoms. The molecule has 0 aliphatic carbocycles.